The van der Waals surface area contributed by atoms with Crippen LogP contribution < -0.4 is 4.90 Å². The minimum Gasteiger partial charge on any atom is -0.368 e. The van der Waals surface area contributed by atoms with Gasteiger partial charge in [-0.05, 0) is 18.2 Å². The summed E-state index contributed by atoms with van der Waals surface area (Å²) in [6, 6.07) is 7.15. The maximum Gasteiger partial charge on any atom is 0.153 e. The molecule has 0 aromatic heterocycles. The molecular formula is C11H11ClN2O2S. The second-order valence-corrected chi connectivity index (χ2v) is 6.65. The molecule has 1 saturated heterocycles. The van der Waals surface area contributed by atoms with Crippen molar-refractivity contribution in [1.29, 1.82) is 5.26 Å². The normalized spacial score (nSPS) is 18.7. The summed E-state index contributed by atoms with van der Waals surface area (Å²) in [6.45, 7) is 0.858. The number of nitrogens with zero attached hydrogens (tertiary/aromatic N) is 2. The number of hydrogen-bond acceptors (Lipinski definition) is 4. The Morgan fingerprint density at radius 1 is 1.29 bits per heavy atom. The summed E-state index contributed by atoms with van der Waals surface area (Å²) in [5, 5.41) is 9.53. The molecule has 1 aliphatic rings. The number of nitriles is 1. The van der Waals surface area contributed by atoms with Crippen LogP contribution >= 0.6 is 11.6 Å². The molecule has 1 fully saturated rings. The van der Waals surface area contributed by atoms with Crippen molar-refractivity contribution >= 4 is 27.1 Å². The van der Waals surface area contributed by atoms with Crippen molar-refractivity contribution < 1.29 is 8.42 Å². The fourth-order valence-corrected chi connectivity index (χ4v) is 3.20. The standard InChI is InChI=1S/C11H11ClN2O2S/c12-10-1-2-11(9(7-10)8-13)14-3-5-17(15,16)6-4-14/h1-2,7H,3-6H2. The van der Waals surface area contributed by atoms with E-state index in [9.17, 15) is 8.42 Å². The zero-order valence-electron chi connectivity index (χ0n) is 9.06. The Hall–Kier alpha value is -1.25. The van der Waals surface area contributed by atoms with Gasteiger partial charge in [-0.25, -0.2) is 8.42 Å². The first kappa shape index (κ1) is 12.2. The van der Waals surface area contributed by atoms with Gasteiger partial charge in [0.2, 0.25) is 0 Å². The Kier molecular flexibility index (Phi) is 3.27. The van der Waals surface area contributed by atoms with Gasteiger partial charge < -0.3 is 4.90 Å². The zero-order chi connectivity index (χ0) is 12.5. The van der Waals surface area contributed by atoms with Gasteiger partial charge in [-0.2, -0.15) is 5.26 Å². The van der Waals surface area contributed by atoms with Crippen LogP contribution in [0.1, 0.15) is 5.56 Å². The maximum absolute atomic E-state index is 11.3. The number of sulfone groups is 1. The number of halogens is 1. The largest absolute Gasteiger partial charge is 0.368 e. The molecule has 0 radical (unpaired) electrons. The molecule has 1 aromatic rings. The molecule has 2 rings (SSSR count). The van der Waals surface area contributed by atoms with E-state index in [-0.39, 0.29) is 11.5 Å². The van der Waals surface area contributed by atoms with Gasteiger partial charge in [-0.15, -0.1) is 0 Å². The SMILES string of the molecule is N#Cc1cc(Cl)ccc1N1CCS(=O)(=O)CC1. The summed E-state index contributed by atoms with van der Waals surface area (Å²) in [4.78, 5) is 1.91. The molecule has 0 N–H and O–H groups in total. The number of rotatable bonds is 1. The van der Waals surface area contributed by atoms with Crippen molar-refractivity contribution in [3.63, 3.8) is 0 Å². The first-order chi connectivity index (χ1) is 8.02. The minimum atomic E-state index is -2.90. The van der Waals surface area contributed by atoms with E-state index >= 15 is 0 Å². The molecule has 0 unspecified atom stereocenters. The fourth-order valence-electron chi connectivity index (χ4n) is 1.83. The topological polar surface area (TPSA) is 61.2 Å². The van der Waals surface area contributed by atoms with Crippen LogP contribution in [-0.4, -0.2) is 33.0 Å². The average Bonchev–Trinajstić information content (AvgIpc) is 2.29. The highest BCUT2D eigenvalue weighted by Gasteiger charge is 2.23. The van der Waals surface area contributed by atoms with Crippen LogP contribution in [0.25, 0.3) is 0 Å². The molecule has 6 heteroatoms. The van der Waals surface area contributed by atoms with Crippen LogP contribution in [0.5, 0.6) is 0 Å². The fraction of sp³-hybridized carbons (Fsp3) is 0.364. The van der Waals surface area contributed by atoms with Gasteiger partial charge in [0, 0.05) is 18.1 Å². The minimum absolute atomic E-state index is 0.139. The number of hydrogen-bond donors (Lipinski definition) is 0. The van der Waals surface area contributed by atoms with Crippen LogP contribution in [0.4, 0.5) is 5.69 Å². The smallest absolute Gasteiger partial charge is 0.153 e. The summed E-state index contributed by atoms with van der Waals surface area (Å²) in [5.41, 5.74) is 1.24. The second kappa shape index (κ2) is 4.55. The highest BCUT2D eigenvalue weighted by Crippen LogP contribution is 2.25. The third kappa shape index (κ3) is 2.71. The number of anilines is 1. The van der Waals surface area contributed by atoms with E-state index in [1.165, 1.54) is 0 Å². The molecule has 1 heterocycles. The van der Waals surface area contributed by atoms with E-state index in [1.807, 2.05) is 4.90 Å². The first-order valence-corrected chi connectivity index (χ1v) is 7.37. The van der Waals surface area contributed by atoms with E-state index in [1.54, 1.807) is 18.2 Å². The van der Waals surface area contributed by atoms with E-state index < -0.39 is 9.84 Å². The monoisotopic (exact) mass is 270 g/mol. The van der Waals surface area contributed by atoms with Gasteiger partial charge in [0.1, 0.15) is 6.07 Å². The van der Waals surface area contributed by atoms with Crippen molar-refractivity contribution in [3.8, 4) is 6.07 Å². The molecule has 17 heavy (non-hydrogen) atoms. The summed E-state index contributed by atoms with van der Waals surface area (Å²) in [5.74, 6) is 0.279. The van der Waals surface area contributed by atoms with Gasteiger partial charge in [0.15, 0.2) is 9.84 Å². The second-order valence-electron chi connectivity index (χ2n) is 3.91. The van der Waals surface area contributed by atoms with Gasteiger partial charge in [-0.1, -0.05) is 11.6 Å². The van der Waals surface area contributed by atoms with Crippen LogP contribution in [-0.2, 0) is 9.84 Å². The van der Waals surface area contributed by atoms with Crippen LogP contribution in [0.15, 0.2) is 18.2 Å². The molecule has 0 bridgehead atoms. The predicted octanol–water partition coefficient (Wildman–Crippen LogP) is 1.45. The molecule has 1 aromatic carbocycles. The molecule has 0 atom stereocenters. The highest BCUT2D eigenvalue weighted by atomic mass is 35.5. The van der Waals surface area contributed by atoms with Crippen molar-refractivity contribution in [2.45, 2.75) is 0 Å². The molecule has 0 spiro atoms. The molecule has 90 valence electrons. The van der Waals surface area contributed by atoms with E-state index in [2.05, 4.69) is 6.07 Å². The van der Waals surface area contributed by atoms with E-state index in [0.29, 0.717) is 23.7 Å². The molecule has 4 nitrogen and oxygen atoms in total. The van der Waals surface area contributed by atoms with Crippen molar-refractivity contribution in [2.24, 2.45) is 0 Å². The Morgan fingerprint density at radius 3 is 2.53 bits per heavy atom. The Labute approximate surface area is 105 Å². The van der Waals surface area contributed by atoms with E-state index in [0.717, 1.165) is 5.69 Å². The summed E-state index contributed by atoms with van der Waals surface area (Å²) < 4.78 is 22.6. The number of benzene rings is 1. The van der Waals surface area contributed by atoms with Crippen molar-refractivity contribution in [1.82, 2.24) is 0 Å². The summed E-state index contributed by atoms with van der Waals surface area (Å²) in [7, 11) is -2.90. The highest BCUT2D eigenvalue weighted by molar-refractivity contribution is 7.91. The first-order valence-electron chi connectivity index (χ1n) is 5.17. The lowest BCUT2D eigenvalue weighted by Gasteiger charge is -2.29. The van der Waals surface area contributed by atoms with E-state index in [4.69, 9.17) is 16.9 Å². The lowest BCUT2D eigenvalue weighted by atomic mass is 10.1. The van der Waals surface area contributed by atoms with Crippen molar-refractivity contribution in [3.05, 3.63) is 28.8 Å². The van der Waals surface area contributed by atoms with Crippen LogP contribution in [0, 0.1) is 11.3 Å². The molecule has 0 saturated carbocycles. The summed E-state index contributed by atoms with van der Waals surface area (Å²) >= 11 is 5.81. The predicted molar refractivity (Wildman–Crippen MR) is 67.0 cm³/mol. The molecular weight excluding hydrogens is 260 g/mol. The molecule has 0 aliphatic carbocycles. The summed E-state index contributed by atoms with van der Waals surface area (Å²) in [6.07, 6.45) is 0. The van der Waals surface area contributed by atoms with Gasteiger partial charge >= 0.3 is 0 Å². The molecule has 0 amide bonds. The average molecular weight is 271 g/mol. The van der Waals surface area contributed by atoms with Crippen molar-refractivity contribution in [2.75, 3.05) is 29.5 Å². The Morgan fingerprint density at radius 2 is 1.94 bits per heavy atom. The lowest BCUT2D eigenvalue weighted by molar-refractivity contribution is 0.587. The third-order valence-electron chi connectivity index (χ3n) is 2.76. The van der Waals surface area contributed by atoms with Crippen LogP contribution in [0.3, 0.4) is 0 Å². The van der Waals surface area contributed by atoms with Crippen LogP contribution in [0.2, 0.25) is 5.02 Å². The third-order valence-corrected chi connectivity index (χ3v) is 4.61. The Balaban J connectivity index is 2.28. The molecule has 1 aliphatic heterocycles. The van der Waals surface area contributed by atoms with Gasteiger partial charge in [0.05, 0.1) is 22.8 Å². The lowest BCUT2D eigenvalue weighted by Crippen LogP contribution is -2.40. The Bertz CT molecular complexity index is 564. The van der Waals surface area contributed by atoms with Gasteiger partial charge in [0.25, 0.3) is 0 Å². The maximum atomic E-state index is 11.3. The zero-order valence-corrected chi connectivity index (χ0v) is 10.6. The van der Waals surface area contributed by atoms with Gasteiger partial charge in [-0.3, -0.25) is 0 Å². The quantitative estimate of drug-likeness (QED) is 0.775.